The van der Waals surface area contributed by atoms with Crippen LogP contribution in [0.25, 0.3) is 22.1 Å². The van der Waals surface area contributed by atoms with E-state index in [9.17, 15) is 26.9 Å². The van der Waals surface area contributed by atoms with Crippen molar-refractivity contribution in [2.45, 2.75) is 58.4 Å². The molecule has 0 amide bonds. The molecular formula is C34H41F3N10O2S. The molecule has 12 nitrogen and oxygen atoms in total. The zero-order valence-corrected chi connectivity index (χ0v) is 29.3. The highest BCUT2D eigenvalue weighted by molar-refractivity contribution is 7.88. The van der Waals surface area contributed by atoms with Crippen molar-refractivity contribution in [2.75, 3.05) is 63.5 Å². The van der Waals surface area contributed by atoms with Crippen LogP contribution >= 0.6 is 0 Å². The van der Waals surface area contributed by atoms with E-state index >= 15 is 0 Å². The number of rotatable bonds is 8. The monoisotopic (exact) mass is 710 g/mol. The minimum absolute atomic E-state index is 0.122. The second kappa shape index (κ2) is 13.0. The first-order valence-corrected chi connectivity index (χ1v) is 18.8. The molecule has 50 heavy (non-hydrogen) atoms. The minimum atomic E-state index is -4.37. The highest BCUT2D eigenvalue weighted by atomic mass is 32.2. The molecule has 3 aromatic heterocycles. The topological polar surface area (TPSA) is 127 Å². The van der Waals surface area contributed by atoms with Crippen LogP contribution in [-0.2, 0) is 29.5 Å². The average Bonchev–Trinajstić information content (AvgIpc) is 3.42. The fourth-order valence-electron chi connectivity index (χ4n) is 7.88. The highest BCUT2D eigenvalue weighted by Gasteiger charge is 2.46. The lowest BCUT2D eigenvalue weighted by Gasteiger charge is -2.54. The van der Waals surface area contributed by atoms with Gasteiger partial charge >= 0.3 is 6.18 Å². The summed E-state index contributed by atoms with van der Waals surface area (Å²) in [7, 11) is -3.20. The molecule has 266 valence electrons. The van der Waals surface area contributed by atoms with Crippen molar-refractivity contribution in [3.8, 4) is 6.07 Å². The number of piperidine rings is 1. The maximum Gasteiger partial charge on any atom is 0.394 e. The zero-order chi connectivity index (χ0) is 35.4. The van der Waals surface area contributed by atoms with Gasteiger partial charge < -0.3 is 9.47 Å². The zero-order valence-electron chi connectivity index (χ0n) is 28.5. The minimum Gasteiger partial charge on any atom is -0.353 e. The SMILES string of the molecule is Cc1c(CN2CCC3(CC2)CN(c2ncnc4ncc(CC(F)(F)F)nc24)C3)ccc2c1cc(C#N)n2CC(C)N1CCN(S(C)(=O)=O)CC1. The number of aromatic nitrogens is 5. The van der Waals surface area contributed by atoms with Crippen LogP contribution in [0.2, 0.25) is 0 Å². The van der Waals surface area contributed by atoms with Crippen molar-refractivity contribution in [2.24, 2.45) is 5.41 Å². The van der Waals surface area contributed by atoms with Crippen molar-refractivity contribution in [3.63, 3.8) is 0 Å². The number of aryl methyl sites for hydroxylation is 1. The summed E-state index contributed by atoms with van der Waals surface area (Å²) in [6.07, 6.45) is 0.268. The van der Waals surface area contributed by atoms with Crippen LogP contribution in [0.15, 0.2) is 30.7 Å². The summed E-state index contributed by atoms with van der Waals surface area (Å²) in [5.41, 5.74) is 4.63. The molecule has 3 aliphatic heterocycles. The van der Waals surface area contributed by atoms with E-state index in [0.717, 1.165) is 62.7 Å². The Balaban J connectivity index is 0.981. The van der Waals surface area contributed by atoms with Crippen LogP contribution in [0, 0.1) is 23.7 Å². The molecule has 0 bridgehead atoms. The van der Waals surface area contributed by atoms with Gasteiger partial charge in [0.1, 0.15) is 18.1 Å². The van der Waals surface area contributed by atoms with Crippen LogP contribution in [0.4, 0.5) is 19.0 Å². The second-order valence-corrected chi connectivity index (χ2v) is 16.2. The Bertz CT molecular complexity index is 2060. The quantitative estimate of drug-likeness (QED) is 0.267. The third-order valence-corrected chi connectivity index (χ3v) is 12.1. The van der Waals surface area contributed by atoms with E-state index in [1.165, 1.54) is 28.0 Å². The summed E-state index contributed by atoms with van der Waals surface area (Å²) in [5, 5.41) is 11.1. The van der Waals surface area contributed by atoms with Crippen molar-refractivity contribution in [1.82, 2.24) is 38.6 Å². The number of benzene rings is 1. The fraction of sp³-hybridized carbons (Fsp3) is 0.559. The van der Waals surface area contributed by atoms with E-state index in [2.05, 4.69) is 71.3 Å². The number of anilines is 1. The average molecular weight is 711 g/mol. The van der Waals surface area contributed by atoms with E-state index in [1.807, 2.05) is 6.07 Å². The molecule has 16 heteroatoms. The molecular weight excluding hydrogens is 670 g/mol. The molecule has 0 N–H and O–H groups in total. The molecule has 3 aliphatic rings. The second-order valence-electron chi connectivity index (χ2n) is 14.2. The van der Waals surface area contributed by atoms with Crippen molar-refractivity contribution in [3.05, 3.63) is 53.2 Å². The van der Waals surface area contributed by atoms with Crippen LogP contribution < -0.4 is 4.90 Å². The summed E-state index contributed by atoms with van der Waals surface area (Å²) in [6, 6.07) is 8.81. The molecule has 0 saturated carbocycles. The predicted octanol–water partition coefficient (Wildman–Crippen LogP) is 3.73. The van der Waals surface area contributed by atoms with Gasteiger partial charge in [0.05, 0.1) is 24.6 Å². The van der Waals surface area contributed by atoms with Gasteiger partial charge in [-0.3, -0.25) is 9.80 Å². The lowest BCUT2D eigenvalue weighted by molar-refractivity contribution is -0.127. The number of nitrogens with zero attached hydrogens (tertiary/aromatic N) is 10. The molecule has 3 saturated heterocycles. The van der Waals surface area contributed by atoms with Crippen molar-refractivity contribution in [1.29, 1.82) is 5.26 Å². The van der Waals surface area contributed by atoms with E-state index in [-0.39, 0.29) is 17.2 Å². The number of nitriles is 1. The summed E-state index contributed by atoms with van der Waals surface area (Å²) in [5.74, 6) is 0.538. The number of halogens is 3. The Kier molecular flexibility index (Phi) is 8.98. The van der Waals surface area contributed by atoms with Gasteiger partial charge in [0, 0.05) is 74.7 Å². The normalized spacial score (nSPS) is 20.0. The van der Waals surface area contributed by atoms with E-state index in [1.54, 1.807) is 0 Å². The molecule has 1 aromatic carbocycles. The number of piperazine rings is 1. The number of hydrogen-bond acceptors (Lipinski definition) is 10. The van der Waals surface area contributed by atoms with Gasteiger partial charge in [-0.15, -0.1) is 0 Å². The Morgan fingerprint density at radius 2 is 1.76 bits per heavy atom. The van der Waals surface area contributed by atoms with Gasteiger partial charge in [-0.05, 0) is 63.0 Å². The molecule has 0 aliphatic carbocycles. The standard InChI is InChI=1S/C34H41F3N10O2S/c1-23(44-10-12-46(13-11-44)50(3,48)49)18-47-27(16-38)14-28-24(2)25(4-5-29(28)47)19-43-8-6-33(7-9-43)20-45(21-33)32-30-31(40-22-41-32)39-17-26(42-30)15-34(35,36)37/h4-5,14,17,22-23H,6-13,15,18-21H2,1-3H3. The number of sulfonamides is 1. The Labute approximate surface area is 289 Å². The third-order valence-electron chi connectivity index (χ3n) is 10.8. The lowest BCUT2D eigenvalue weighted by Crippen LogP contribution is -2.60. The van der Waals surface area contributed by atoms with E-state index in [4.69, 9.17) is 0 Å². The summed E-state index contributed by atoms with van der Waals surface area (Å²) in [6.45, 7) is 11.4. The largest absolute Gasteiger partial charge is 0.394 e. The number of fused-ring (bicyclic) bond motifs is 2. The van der Waals surface area contributed by atoms with E-state index in [0.29, 0.717) is 55.4 Å². The van der Waals surface area contributed by atoms with Crippen LogP contribution in [-0.4, -0.2) is 118 Å². The Morgan fingerprint density at radius 3 is 2.42 bits per heavy atom. The molecule has 7 rings (SSSR count). The number of hydrogen-bond donors (Lipinski definition) is 0. The smallest absolute Gasteiger partial charge is 0.353 e. The lowest BCUT2D eigenvalue weighted by atomic mass is 9.72. The van der Waals surface area contributed by atoms with Gasteiger partial charge in [0.15, 0.2) is 17.0 Å². The molecule has 4 aromatic rings. The molecule has 1 spiro atoms. The predicted molar refractivity (Wildman–Crippen MR) is 183 cm³/mol. The third kappa shape index (κ3) is 6.88. The van der Waals surface area contributed by atoms with Gasteiger partial charge in [-0.25, -0.2) is 28.4 Å². The van der Waals surface area contributed by atoms with Crippen LogP contribution in [0.5, 0.6) is 0 Å². The van der Waals surface area contributed by atoms with Crippen molar-refractivity contribution < 1.29 is 21.6 Å². The maximum absolute atomic E-state index is 13.0. The van der Waals surface area contributed by atoms with Crippen LogP contribution in [0.1, 0.15) is 42.3 Å². The molecule has 6 heterocycles. The first-order chi connectivity index (χ1) is 23.7. The van der Waals surface area contributed by atoms with Gasteiger partial charge in [-0.1, -0.05) is 6.07 Å². The first kappa shape index (κ1) is 34.5. The Hall–Kier alpha value is -3.91. The molecule has 1 atom stereocenters. The Morgan fingerprint density at radius 1 is 1.04 bits per heavy atom. The highest BCUT2D eigenvalue weighted by Crippen LogP contribution is 2.43. The fourth-order valence-corrected chi connectivity index (χ4v) is 8.71. The molecule has 3 fully saturated rings. The number of alkyl halides is 3. The van der Waals surface area contributed by atoms with Crippen molar-refractivity contribution >= 4 is 37.9 Å². The van der Waals surface area contributed by atoms with Crippen LogP contribution in [0.3, 0.4) is 0 Å². The van der Waals surface area contributed by atoms with Gasteiger partial charge in [0.2, 0.25) is 10.0 Å². The number of likely N-dealkylation sites (tertiary alicyclic amines) is 1. The summed E-state index contributed by atoms with van der Waals surface area (Å²) < 4.78 is 66.5. The summed E-state index contributed by atoms with van der Waals surface area (Å²) >= 11 is 0. The maximum atomic E-state index is 13.0. The van der Waals surface area contributed by atoms with E-state index < -0.39 is 22.6 Å². The first-order valence-electron chi connectivity index (χ1n) is 16.9. The van der Waals surface area contributed by atoms with Gasteiger partial charge in [-0.2, -0.15) is 22.7 Å². The summed E-state index contributed by atoms with van der Waals surface area (Å²) in [4.78, 5) is 23.7. The molecule has 1 unspecified atom stereocenters. The molecule has 0 radical (unpaired) electrons. The van der Waals surface area contributed by atoms with Gasteiger partial charge in [0.25, 0.3) is 0 Å².